The summed E-state index contributed by atoms with van der Waals surface area (Å²) < 4.78 is 5.63. The van der Waals surface area contributed by atoms with Gasteiger partial charge in [-0.3, -0.25) is 14.9 Å². The summed E-state index contributed by atoms with van der Waals surface area (Å²) in [5, 5.41) is 34.3. The molecule has 0 aromatic heterocycles. The van der Waals surface area contributed by atoms with Crippen molar-refractivity contribution in [2.24, 2.45) is 5.10 Å². The Hall–Kier alpha value is -2.66. The number of rotatable bonds is 6. The predicted molar refractivity (Wildman–Crippen MR) is 104 cm³/mol. The molecule has 2 aromatic rings. The molecule has 0 aliphatic carbocycles. The Balaban J connectivity index is 2.00. The summed E-state index contributed by atoms with van der Waals surface area (Å²) >= 11 is 6.25. The zero-order valence-corrected chi connectivity index (χ0v) is 16.9. The lowest BCUT2D eigenvalue weighted by Gasteiger charge is -2.11. The quantitative estimate of drug-likeness (QED) is 0.315. The molecule has 0 aliphatic heterocycles. The number of hydrazone groups is 1. The number of hydrogen-bond acceptors (Lipinski definition) is 7. The number of ether oxygens (including phenoxy) is 1. The molecular weight excluding hydrogens is 490 g/mol. The van der Waals surface area contributed by atoms with E-state index in [4.69, 9.17) is 4.74 Å². The van der Waals surface area contributed by atoms with Crippen LogP contribution in [0.2, 0.25) is 0 Å². The first-order chi connectivity index (χ1) is 12.7. The van der Waals surface area contributed by atoms with Gasteiger partial charge >= 0.3 is 0 Å². The molecule has 0 radical (unpaired) electrons. The number of carbonyl (C=O) groups is 1. The highest BCUT2D eigenvalue weighted by atomic mass is 79.9. The lowest BCUT2D eigenvalue weighted by atomic mass is 10.1. The Morgan fingerprint density at radius 2 is 2.04 bits per heavy atom. The number of hydrogen-bond donors (Lipinski definition) is 3. The number of phenolic OH excluding ortho intramolecular Hbond substituents is 2. The minimum atomic E-state index is -0.605. The maximum absolute atomic E-state index is 11.8. The summed E-state index contributed by atoms with van der Waals surface area (Å²) in [7, 11) is 0. The van der Waals surface area contributed by atoms with E-state index >= 15 is 0 Å². The van der Waals surface area contributed by atoms with E-state index in [0.717, 1.165) is 0 Å². The molecule has 9 nitrogen and oxygen atoms in total. The SMILES string of the molecule is Cc1c(Br)c(O)c(Br)c(O)c1/C=N\NC(=O)COc1cccc([N+](=O)[O-])c1. The van der Waals surface area contributed by atoms with Crippen molar-refractivity contribution < 1.29 is 24.7 Å². The highest BCUT2D eigenvalue weighted by molar-refractivity contribution is 9.11. The fraction of sp³-hybridized carbons (Fsp3) is 0.125. The second-order valence-corrected chi connectivity index (χ2v) is 6.79. The van der Waals surface area contributed by atoms with E-state index < -0.39 is 17.4 Å². The van der Waals surface area contributed by atoms with Crippen molar-refractivity contribution in [1.82, 2.24) is 5.43 Å². The van der Waals surface area contributed by atoms with E-state index in [9.17, 15) is 25.1 Å². The van der Waals surface area contributed by atoms with Gasteiger partial charge in [-0.2, -0.15) is 5.10 Å². The number of phenols is 2. The summed E-state index contributed by atoms with van der Waals surface area (Å²) in [6, 6.07) is 5.43. The second kappa shape index (κ2) is 8.82. The molecule has 27 heavy (non-hydrogen) atoms. The molecule has 0 unspecified atom stereocenters. The van der Waals surface area contributed by atoms with Gasteiger partial charge in [0.1, 0.15) is 21.7 Å². The first-order valence-electron chi connectivity index (χ1n) is 7.31. The molecular formula is C16H13Br2N3O6. The molecule has 2 aromatic carbocycles. The molecule has 0 bridgehead atoms. The van der Waals surface area contributed by atoms with Crippen molar-refractivity contribution in [2.75, 3.05) is 6.61 Å². The third-order valence-electron chi connectivity index (χ3n) is 3.39. The van der Waals surface area contributed by atoms with E-state index in [-0.39, 0.29) is 33.0 Å². The zero-order valence-electron chi connectivity index (χ0n) is 13.8. The number of nitro groups is 1. The van der Waals surface area contributed by atoms with Crippen LogP contribution >= 0.6 is 31.9 Å². The predicted octanol–water partition coefficient (Wildman–Crippen LogP) is 3.37. The molecule has 0 aliphatic rings. The average molecular weight is 503 g/mol. The van der Waals surface area contributed by atoms with Crippen molar-refractivity contribution in [3.05, 3.63) is 54.5 Å². The van der Waals surface area contributed by atoms with Crippen molar-refractivity contribution in [3.63, 3.8) is 0 Å². The number of nitrogens with zero attached hydrogens (tertiary/aromatic N) is 2. The number of nitrogens with one attached hydrogen (secondary N) is 1. The van der Waals surface area contributed by atoms with E-state index in [1.807, 2.05) is 0 Å². The highest BCUT2D eigenvalue weighted by Gasteiger charge is 2.17. The van der Waals surface area contributed by atoms with Crippen LogP contribution in [-0.2, 0) is 4.79 Å². The van der Waals surface area contributed by atoms with Crippen LogP contribution in [0.15, 0.2) is 38.3 Å². The number of non-ortho nitro benzene ring substituents is 1. The molecule has 0 saturated carbocycles. The van der Waals surface area contributed by atoms with Crippen molar-refractivity contribution in [2.45, 2.75) is 6.92 Å². The largest absolute Gasteiger partial charge is 0.506 e. The Kier molecular flexibility index (Phi) is 6.75. The van der Waals surface area contributed by atoms with Crippen LogP contribution in [0.5, 0.6) is 17.2 Å². The molecule has 3 N–H and O–H groups in total. The average Bonchev–Trinajstić information content (AvgIpc) is 2.66. The van der Waals surface area contributed by atoms with Gasteiger partial charge in [0.05, 0.1) is 21.7 Å². The second-order valence-electron chi connectivity index (χ2n) is 5.20. The molecule has 1 amide bonds. The normalized spacial score (nSPS) is 10.8. The van der Waals surface area contributed by atoms with Gasteiger partial charge in [0.2, 0.25) is 0 Å². The first kappa shape index (κ1) is 20.6. The molecule has 0 atom stereocenters. The van der Waals surface area contributed by atoms with E-state index in [2.05, 4.69) is 42.4 Å². The van der Waals surface area contributed by atoms with Crippen molar-refractivity contribution >= 4 is 49.7 Å². The summed E-state index contributed by atoms with van der Waals surface area (Å²) in [5.41, 5.74) is 2.86. The fourth-order valence-electron chi connectivity index (χ4n) is 1.99. The Morgan fingerprint density at radius 1 is 1.33 bits per heavy atom. The third-order valence-corrected chi connectivity index (χ3v) is 5.11. The summed E-state index contributed by atoms with van der Waals surface area (Å²) in [6.45, 7) is 1.23. The monoisotopic (exact) mass is 501 g/mol. The molecule has 0 saturated heterocycles. The van der Waals surface area contributed by atoms with E-state index in [1.54, 1.807) is 6.92 Å². The molecule has 11 heteroatoms. The van der Waals surface area contributed by atoms with E-state index in [0.29, 0.717) is 10.0 Å². The zero-order chi connectivity index (χ0) is 20.1. The molecule has 0 spiro atoms. The van der Waals surface area contributed by atoms with Crippen LogP contribution in [0, 0.1) is 17.0 Å². The number of nitro benzene ring substituents is 1. The van der Waals surface area contributed by atoms with Gasteiger partial charge in [-0.05, 0) is 50.4 Å². The fourth-order valence-corrected chi connectivity index (χ4v) is 3.08. The van der Waals surface area contributed by atoms with Gasteiger partial charge in [-0.1, -0.05) is 6.07 Å². The minimum absolute atomic E-state index is 0.0850. The lowest BCUT2D eigenvalue weighted by Crippen LogP contribution is -2.24. The molecule has 2 rings (SSSR count). The minimum Gasteiger partial charge on any atom is -0.506 e. The number of carbonyl (C=O) groups excluding carboxylic acids is 1. The maximum atomic E-state index is 11.8. The van der Waals surface area contributed by atoms with Crippen LogP contribution in [0.4, 0.5) is 5.69 Å². The van der Waals surface area contributed by atoms with Gasteiger partial charge in [-0.25, -0.2) is 5.43 Å². The van der Waals surface area contributed by atoms with Crippen molar-refractivity contribution in [3.8, 4) is 17.2 Å². The number of halogens is 2. The first-order valence-corrected chi connectivity index (χ1v) is 8.89. The Morgan fingerprint density at radius 3 is 2.70 bits per heavy atom. The van der Waals surface area contributed by atoms with Crippen LogP contribution in [0.1, 0.15) is 11.1 Å². The number of aromatic hydroxyl groups is 2. The van der Waals surface area contributed by atoms with Crippen LogP contribution in [0.25, 0.3) is 0 Å². The topological polar surface area (TPSA) is 134 Å². The smallest absolute Gasteiger partial charge is 0.277 e. The molecule has 0 fully saturated rings. The van der Waals surface area contributed by atoms with Gasteiger partial charge in [0.15, 0.2) is 6.61 Å². The summed E-state index contributed by atoms with van der Waals surface area (Å²) in [5.74, 6) is -0.828. The number of benzene rings is 2. The molecule has 0 heterocycles. The van der Waals surface area contributed by atoms with Crippen LogP contribution in [0.3, 0.4) is 0 Å². The Labute approximate surface area is 170 Å². The summed E-state index contributed by atoms with van der Waals surface area (Å²) in [4.78, 5) is 21.9. The van der Waals surface area contributed by atoms with E-state index in [1.165, 1.54) is 30.5 Å². The van der Waals surface area contributed by atoms with Crippen LogP contribution in [-0.4, -0.2) is 33.9 Å². The van der Waals surface area contributed by atoms with Crippen molar-refractivity contribution in [1.29, 1.82) is 0 Å². The van der Waals surface area contributed by atoms with Gasteiger partial charge < -0.3 is 14.9 Å². The van der Waals surface area contributed by atoms with Crippen LogP contribution < -0.4 is 10.2 Å². The third kappa shape index (κ3) is 4.95. The standard InChI is InChI=1S/C16H13Br2N3O6/c1-8-11(15(23)14(18)16(24)13(8)17)6-19-20-12(22)7-27-10-4-2-3-9(5-10)21(25)26/h2-6,23-24H,7H2,1H3,(H,20,22)/b19-6-. The highest BCUT2D eigenvalue weighted by Crippen LogP contribution is 2.43. The lowest BCUT2D eigenvalue weighted by molar-refractivity contribution is -0.384. The maximum Gasteiger partial charge on any atom is 0.277 e. The number of amides is 1. The summed E-state index contributed by atoms with van der Waals surface area (Å²) in [6.07, 6.45) is 1.21. The van der Waals surface area contributed by atoms with Gasteiger partial charge in [0, 0.05) is 11.6 Å². The molecule has 142 valence electrons. The van der Waals surface area contributed by atoms with Gasteiger partial charge in [0.25, 0.3) is 11.6 Å². The Bertz CT molecular complexity index is 904. The van der Waals surface area contributed by atoms with Gasteiger partial charge in [-0.15, -0.1) is 0 Å².